The minimum atomic E-state index is -0.901. The third-order valence-electron chi connectivity index (χ3n) is 7.66. The summed E-state index contributed by atoms with van der Waals surface area (Å²) in [5.41, 5.74) is 2.70. The molecular weight excluding hydrogens is 538 g/mol. The standard InChI is InChI=1S/C36H49N3O4/c1-9-10-11-14-22-39(34(41)31(24(2)3)38-35(42)43-36(6,7)8)32(30-19-15-16-25(4)26(30)5)33(40)37-29-21-20-27-17-12-13-18-28(27)23-29/h12-13,15-21,23-24,31-32H,9-11,14,22H2,1-8H3,(H,37,40)(H,38,42). The lowest BCUT2D eigenvalue weighted by atomic mass is 9.93. The fraction of sp³-hybridized carbons (Fsp3) is 0.472. The van der Waals surface area contributed by atoms with E-state index in [1.807, 2.05) is 88.4 Å². The average molecular weight is 588 g/mol. The Hall–Kier alpha value is -3.87. The number of fused-ring (bicyclic) bond motifs is 1. The van der Waals surface area contributed by atoms with Gasteiger partial charge < -0.3 is 20.3 Å². The maximum Gasteiger partial charge on any atom is 0.408 e. The Bertz CT molecular complexity index is 1410. The van der Waals surface area contributed by atoms with E-state index in [1.54, 1.807) is 25.7 Å². The Morgan fingerprint density at radius 3 is 2.23 bits per heavy atom. The zero-order valence-electron chi connectivity index (χ0n) is 27.1. The molecule has 0 bridgehead atoms. The molecule has 0 aromatic heterocycles. The van der Waals surface area contributed by atoms with Crippen LogP contribution in [0.15, 0.2) is 60.7 Å². The second-order valence-electron chi connectivity index (χ2n) is 12.7. The van der Waals surface area contributed by atoms with Gasteiger partial charge in [0.25, 0.3) is 5.91 Å². The molecule has 0 aliphatic heterocycles. The van der Waals surface area contributed by atoms with Crippen molar-refractivity contribution in [1.82, 2.24) is 10.2 Å². The van der Waals surface area contributed by atoms with Gasteiger partial charge in [-0.2, -0.15) is 0 Å². The summed E-state index contributed by atoms with van der Waals surface area (Å²) in [4.78, 5) is 43.3. The van der Waals surface area contributed by atoms with Crippen molar-refractivity contribution in [3.63, 3.8) is 0 Å². The number of benzene rings is 3. The summed E-state index contributed by atoms with van der Waals surface area (Å²) < 4.78 is 5.50. The van der Waals surface area contributed by atoms with Gasteiger partial charge in [-0.25, -0.2) is 4.79 Å². The van der Waals surface area contributed by atoms with Crippen molar-refractivity contribution >= 4 is 34.4 Å². The second kappa shape index (κ2) is 15.0. The lowest BCUT2D eigenvalue weighted by molar-refractivity contribution is -0.141. The fourth-order valence-corrected chi connectivity index (χ4v) is 5.20. The van der Waals surface area contributed by atoms with E-state index in [0.717, 1.165) is 53.1 Å². The van der Waals surface area contributed by atoms with Crippen LogP contribution in [-0.4, -0.2) is 41.0 Å². The molecule has 7 heteroatoms. The number of rotatable bonds is 12. The van der Waals surface area contributed by atoms with Crippen molar-refractivity contribution in [2.45, 2.75) is 98.8 Å². The van der Waals surface area contributed by atoms with Crippen molar-refractivity contribution in [2.24, 2.45) is 5.92 Å². The maximum absolute atomic E-state index is 14.5. The maximum atomic E-state index is 14.5. The smallest absolute Gasteiger partial charge is 0.408 e. The van der Waals surface area contributed by atoms with Gasteiger partial charge in [0.15, 0.2) is 0 Å². The fourth-order valence-electron chi connectivity index (χ4n) is 5.20. The number of carbonyl (C=O) groups is 3. The van der Waals surface area contributed by atoms with E-state index in [4.69, 9.17) is 4.74 Å². The van der Waals surface area contributed by atoms with E-state index >= 15 is 0 Å². The largest absolute Gasteiger partial charge is 0.444 e. The number of ether oxygens (including phenoxy) is 1. The highest BCUT2D eigenvalue weighted by atomic mass is 16.6. The van der Waals surface area contributed by atoms with Crippen molar-refractivity contribution in [3.8, 4) is 0 Å². The molecular formula is C36H49N3O4. The Morgan fingerprint density at radius 2 is 1.58 bits per heavy atom. The molecule has 3 rings (SSSR count). The topological polar surface area (TPSA) is 87.7 Å². The van der Waals surface area contributed by atoms with Crippen LogP contribution in [0.3, 0.4) is 0 Å². The Labute approximate surface area is 257 Å². The minimum absolute atomic E-state index is 0.235. The minimum Gasteiger partial charge on any atom is -0.444 e. The number of anilines is 1. The van der Waals surface area contributed by atoms with Crippen LogP contribution in [0.2, 0.25) is 0 Å². The van der Waals surface area contributed by atoms with Gasteiger partial charge in [0, 0.05) is 12.2 Å². The van der Waals surface area contributed by atoms with Gasteiger partial charge in [-0.1, -0.05) is 88.6 Å². The second-order valence-corrected chi connectivity index (χ2v) is 12.7. The normalized spacial score (nSPS) is 13.0. The van der Waals surface area contributed by atoms with Gasteiger partial charge in [-0.05, 0) is 86.6 Å². The van der Waals surface area contributed by atoms with E-state index in [-0.39, 0.29) is 17.7 Å². The first-order chi connectivity index (χ1) is 20.3. The molecule has 0 radical (unpaired) electrons. The zero-order chi connectivity index (χ0) is 31.7. The predicted octanol–water partition coefficient (Wildman–Crippen LogP) is 8.09. The molecule has 2 unspecified atom stereocenters. The number of hydrogen-bond donors (Lipinski definition) is 2. The van der Waals surface area contributed by atoms with Crippen LogP contribution in [0.4, 0.5) is 10.5 Å². The van der Waals surface area contributed by atoms with Crippen molar-refractivity contribution < 1.29 is 19.1 Å². The summed E-state index contributed by atoms with van der Waals surface area (Å²) in [6.07, 6.45) is 3.09. The third-order valence-corrected chi connectivity index (χ3v) is 7.66. The van der Waals surface area contributed by atoms with Gasteiger partial charge in [0.1, 0.15) is 17.7 Å². The van der Waals surface area contributed by atoms with Gasteiger partial charge in [-0.3, -0.25) is 9.59 Å². The van der Waals surface area contributed by atoms with Crippen LogP contribution >= 0.6 is 0 Å². The van der Waals surface area contributed by atoms with E-state index in [2.05, 4.69) is 17.6 Å². The Balaban J connectivity index is 2.07. The average Bonchev–Trinajstić information content (AvgIpc) is 2.93. The molecule has 3 aromatic rings. The molecule has 0 aliphatic rings. The predicted molar refractivity (Wildman–Crippen MR) is 175 cm³/mol. The zero-order valence-corrected chi connectivity index (χ0v) is 27.1. The van der Waals surface area contributed by atoms with Crippen LogP contribution in [-0.2, 0) is 14.3 Å². The number of unbranched alkanes of at least 4 members (excludes halogenated alkanes) is 3. The number of amides is 3. The Morgan fingerprint density at radius 1 is 0.884 bits per heavy atom. The summed E-state index contributed by atoms with van der Waals surface area (Å²) >= 11 is 0. The first-order valence-corrected chi connectivity index (χ1v) is 15.5. The van der Waals surface area contributed by atoms with E-state index < -0.39 is 23.8 Å². The van der Waals surface area contributed by atoms with Crippen LogP contribution in [0, 0.1) is 19.8 Å². The molecule has 232 valence electrons. The van der Waals surface area contributed by atoms with Gasteiger partial charge in [-0.15, -0.1) is 0 Å². The van der Waals surface area contributed by atoms with Crippen LogP contribution in [0.5, 0.6) is 0 Å². The summed E-state index contributed by atoms with van der Waals surface area (Å²) in [5, 5.41) is 8.01. The number of aryl methyl sites for hydroxylation is 1. The van der Waals surface area contributed by atoms with Gasteiger partial charge in [0.2, 0.25) is 5.91 Å². The molecule has 7 nitrogen and oxygen atoms in total. The van der Waals surface area contributed by atoms with Gasteiger partial charge in [0.05, 0.1) is 0 Å². The molecule has 0 saturated carbocycles. The summed E-state index contributed by atoms with van der Waals surface area (Å²) in [7, 11) is 0. The molecule has 0 aliphatic carbocycles. The van der Waals surface area contributed by atoms with E-state index in [0.29, 0.717) is 12.2 Å². The molecule has 3 aromatic carbocycles. The van der Waals surface area contributed by atoms with E-state index in [1.165, 1.54) is 0 Å². The lowest BCUT2D eigenvalue weighted by Crippen LogP contribution is -2.54. The van der Waals surface area contributed by atoms with Crippen molar-refractivity contribution in [2.75, 3.05) is 11.9 Å². The number of carbonyl (C=O) groups excluding carboxylic acids is 3. The molecule has 0 spiro atoms. The molecule has 2 N–H and O–H groups in total. The molecule has 43 heavy (non-hydrogen) atoms. The molecule has 0 heterocycles. The molecule has 0 fully saturated rings. The summed E-state index contributed by atoms with van der Waals surface area (Å²) in [6, 6.07) is 17.9. The highest BCUT2D eigenvalue weighted by Crippen LogP contribution is 2.30. The summed E-state index contributed by atoms with van der Waals surface area (Å²) in [5.74, 6) is -0.842. The third kappa shape index (κ3) is 9.31. The monoisotopic (exact) mass is 587 g/mol. The number of nitrogens with one attached hydrogen (secondary N) is 2. The lowest BCUT2D eigenvalue weighted by Gasteiger charge is -2.36. The number of hydrogen-bond acceptors (Lipinski definition) is 4. The SMILES string of the molecule is CCCCCCN(C(=O)C(NC(=O)OC(C)(C)C)C(C)C)C(C(=O)Nc1ccc2ccccc2c1)c1cccc(C)c1C. The highest BCUT2D eigenvalue weighted by Gasteiger charge is 2.38. The van der Waals surface area contributed by atoms with Crippen LogP contribution < -0.4 is 10.6 Å². The molecule has 2 atom stereocenters. The van der Waals surface area contributed by atoms with Crippen LogP contribution in [0.25, 0.3) is 10.8 Å². The van der Waals surface area contributed by atoms with Crippen LogP contribution in [0.1, 0.15) is 90.0 Å². The highest BCUT2D eigenvalue weighted by molar-refractivity contribution is 6.00. The number of nitrogens with zero attached hydrogens (tertiary/aromatic N) is 1. The first kappa shape index (κ1) is 33.6. The molecule has 3 amide bonds. The van der Waals surface area contributed by atoms with Gasteiger partial charge >= 0.3 is 6.09 Å². The van der Waals surface area contributed by atoms with Crippen molar-refractivity contribution in [3.05, 3.63) is 77.4 Å². The Kier molecular flexibility index (Phi) is 11.8. The summed E-state index contributed by atoms with van der Waals surface area (Å²) in [6.45, 7) is 15.6. The first-order valence-electron chi connectivity index (χ1n) is 15.5. The van der Waals surface area contributed by atoms with E-state index in [9.17, 15) is 14.4 Å². The quantitative estimate of drug-likeness (QED) is 0.210. The number of alkyl carbamates (subject to hydrolysis) is 1. The molecule has 0 saturated heterocycles. The van der Waals surface area contributed by atoms with Crippen molar-refractivity contribution in [1.29, 1.82) is 0 Å².